The molecule has 1 unspecified atom stereocenters. The van der Waals surface area contributed by atoms with Gasteiger partial charge in [-0.3, -0.25) is 0 Å². The number of nitrogens with one attached hydrogen (secondary N) is 1. The average Bonchev–Trinajstić information content (AvgIpc) is 2.53. The second kappa shape index (κ2) is 7.50. The molecule has 0 heterocycles. The largest absolute Gasteiger partial charge is 0.316 e. The standard InChI is InChI=1S/C19H27N/c1-3-4-7-14-18(20-2)19(15-10-6-11-16-19)17-12-8-5-9-13-17/h1,5,8-9,12-13,18,20H,4,6-7,10-11,14-16H2,2H3. The van der Waals surface area contributed by atoms with Crippen molar-refractivity contribution in [3.63, 3.8) is 0 Å². The van der Waals surface area contributed by atoms with Crippen LogP contribution in [-0.2, 0) is 5.41 Å². The molecule has 0 aromatic heterocycles. The van der Waals surface area contributed by atoms with Crippen molar-refractivity contribution in [3.05, 3.63) is 35.9 Å². The molecule has 0 radical (unpaired) electrons. The molecule has 20 heavy (non-hydrogen) atoms. The van der Waals surface area contributed by atoms with Crippen molar-refractivity contribution >= 4 is 0 Å². The first kappa shape index (κ1) is 15.1. The molecule has 1 saturated carbocycles. The molecule has 0 bridgehead atoms. The molecule has 1 aromatic carbocycles. The zero-order valence-electron chi connectivity index (χ0n) is 12.7. The Kier molecular flexibility index (Phi) is 5.68. The average molecular weight is 269 g/mol. The third kappa shape index (κ3) is 3.25. The van der Waals surface area contributed by atoms with E-state index in [2.05, 4.69) is 48.6 Å². The van der Waals surface area contributed by atoms with E-state index in [1.165, 1.54) is 44.1 Å². The number of hydrogen-bond donors (Lipinski definition) is 1. The second-order valence-electron chi connectivity index (χ2n) is 6.02. The maximum Gasteiger partial charge on any atom is 0.0161 e. The van der Waals surface area contributed by atoms with Crippen LogP contribution in [0.15, 0.2) is 30.3 Å². The highest BCUT2D eigenvalue weighted by molar-refractivity contribution is 5.28. The molecular weight excluding hydrogens is 242 g/mol. The first-order valence-corrected chi connectivity index (χ1v) is 8.00. The molecule has 1 aromatic rings. The van der Waals surface area contributed by atoms with Gasteiger partial charge in [0.15, 0.2) is 0 Å². The summed E-state index contributed by atoms with van der Waals surface area (Å²) in [6, 6.07) is 11.7. The first-order chi connectivity index (χ1) is 9.83. The lowest BCUT2D eigenvalue weighted by Crippen LogP contribution is -2.48. The van der Waals surface area contributed by atoms with E-state index in [9.17, 15) is 0 Å². The van der Waals surface area contributed by atoms with Crippen LogP contribution in [0.1, 0.15) is 56.9 Å². The van der Waals surface area contributed by atoms with Gasteiger partial charge in [0.1, 0.15) is 0 Å². The molecule has 108 valence electrons. The van der Waals surface area contributed by atoms with E-state index in [0.717, 1.165) is 12.8 Å². The predicted octanol–water partition coefficient (Wildman–Crippen LogP) is 4.28. The highest BCUT2D eigenvalue weighted by atomic mass is 14.9. The van der Waals surface area contributed by atoms with Gasteiger partial charge in [0.2, 0.25) is 0 Å². The number of terminal acetylenes is 1. The summed E-state index contributed by atoms with van der Waals surface area (Å²) in [5.74, 6) is 2.77. The first-order valence-electron chi connectivity index (χ1n) is 8.00. The van der Waals surface area contributed by atoms with Crippen LogP contribution < -0.4 is 5.32 Å². The Morgan fingerprint density at radius 1 is 1.20 bits per heavy atom. The summed E-state index contributed by atoms with van der Waals surface area (Å²) in [4.78, 5) is 0. The molecule has 2 rings (SSSR count). The smallest absolute Gasteiger partial charge is 0.0161 e. The van der Waals surface area contributed by atoms with E-state index in [4.69, 9.17) is 6.42 Å². The van der Waals surface area contributed by atoms with Gasteiger partial charge in [-0.05, 0) is 38.3 Å². The quantitative estimate of drug-likeness (QED) is 0.600. The summed E-state index contributed by atoms with van der Waals surface area (Å²) >= 11 is 0. The van der Waals surface area contributed by atoms with E-state index in [1.807, 2.05) is 0 Å². The Bertz CT molecular complexity index is 423. The minimum Gasteiger partial charge on any atom is -0.316 e. The summed E-state index contributed by atoms with van der Waals surface area (Å²) in [6.07, 6.45) is 15.3. The Labute approximate surface area is 124 Å². The molecule has 1 nitrogen and oxygen atoms in total. The van der Waals surface area contributed by atoms with Crippen LogP contribution in [-0.4, -0.2) is 13.1 Å². The van der Waals surface area contributed by atoms with Crippen molar-refractivity contribution in [2.45, 2.75) is 62.8 Å². The van der Waals surface area contributed by atoms with Crippen molar-refractivity contribution in [2.24, 2.45) is 0 Å². The molecular formula is C19H27N. The molecule has 1 aliphatic carbocycles. The predicted molar refractivity (Wildman–Crippen MR) is 86.7 cm³/mol. The molecule has 0 saturated heterocycles. The van der Waals surface area contributed by atoms with Gasteiger partial charge in [0.25, 0.3) is 0 Å². The van der Waals surface area contributed by atoms with Gasteiger partial charge < -0.3 is 5.32 Å². The van der Waals surface area contributed by atoms with Crippen LogP contribution in [0.2, 0.25) is 0 Å². The van der Waals surface area contributed by atoms with Crippen molar-refractivity contribution in [2.75, 3.05) is 7.05 Å². The maximum atomic E-state index is 5.41. The van der Waals surface area contributed by atoms with Crippen molar-refractivity contribution in [3.8, 4) is 12.3 Å². The maximum absolute atomic E-state index is 5.41. The summed E-state index contributed by atoms with van der Waals surface area (Å²) in [5.41, 5.74) is 1.82. The minimum atomic E-state index is 0.308. The van der Waals surface area contributed by atoms with Gasteiger partial charge in [0.05, 0.1) is 0 Å². The number of likely N-dealkylation sites (N-methyl/N-ethyl adjacent to an activating group) is 1. The van der Waals surface area contributed by atoms with Crippen LogP contribution in [0.25, 0.3) is 0 Å². The third-order valence-electron chi connectivity index (χ3n) is 4.92. The monoisotopic (exact) mass is 269 g/mol. The lowest BCUT2D eigenvalue weighted by Gasteiger charge is -2.44. The Morgan fingerprint density at radius 3 is 2.50 bits per heavy atom. The van der Waals surface area contributed by atoms with E-state index in [0.29, 0.717) is 11.5 Å². The summed E-state index contributed by atoms with van der Waals surface area (Å²) in [5, 5.41) is 3.60. The molecule has 0 amide bonds. The van der Waals surface area contributed by atoms with Crippen LogP contribution in [0.3, 0.4) is 0 Å². The Balaban J connectivity index is 2.23. The van der Waals surface area contributed by atoms with Crippen LogP contribution >= 0.6 is 0 Å². The van der Waals surface area contributed by atoms with Gasteiger partial charge in [-0.25, -0.2) is 0 Å². The van der Waals surface area contributed by atoms with Crippen molar-refractivity contribution < 1.29 is 0 Å². The van der Waals surface area contributed by atoms with E-state index in [1.54, 1.807) is 0 Å². The second-order valence-corrected chi connectivity index (χ2v) is 6.02. The van der Waals surface area contributed by atoms with Crippen molar-refractivity contribution in [1.29, 1.82) is 0 Å². The molecule has 1 N–H and O–H groups in total. The van der Waals surface area contributed by atoms with Crippen molar-refractivity contribution in [1.82, 2.24) is 5.32 Å². The van der Waals surface area contributed by atoms with Crippen LogP contribution in [0.5, 0.6) is 0 Å². The minimum absolute atomic E-state index is 0.308. The Morgan fingerprint density at radius 2 is 1.90 bits per heavy atom. The summed E-state index contributed by atoms with van der Waals surface area (Å²) < 4.78 is 0. The zero-order valence-corrected chi connectivity index (χ0v) is 12.7. The fourth-order valence-corrected chi connectivity index (χ4v) is 3.90. The number of rotatable bonds is 6. The van der Waals surface area contributed by atoms with Gasteiger partial charge in [0, 0.05) is 17.9 Å². The number of unbranched alkanes of at least 4 members (excludes halogenated alkanes) is 1. The third-order valence-corrected chi connectivity index (χ3v) is 4.92. The van der Waals surface area contributed by atoms with Gasteiger partial charge >= 0.3 is 0 Å². The fourth-order valence-electron chi connectivity index (χ4n) is 3.90. The van der Waals surface area contributed by atoms with E-state index in [-0.39, 0.29) is 0 Å². The fraction of sp³-hybridized carbons (Fsp3) is 0.579. The zero-order chi connectivity index (χ0) is 14.3. The molecule has 0 spiro atoms. The molecule has 1 atom stereocenters. The summed E-state index contributed by atoms with van der Waals surface area (Å²) in [6.45, 7) is 0. The highest BCUT2D eigenvalue weighted by Crippen LogP contribution is 2.43. The normalized spacial score (nSPS) is 19.2. The number of benzene rings is 1. The SMILES string of the molecule is C#CCCCC(NC)C1(c2ccccc2)CCCCC1. The number of hydrogen-bond acceptors (Lipinski definition) is 1. The molecule has 1 fully saturated rings. The van der Waals surface area contributed by atoms with Crippen LogP contribution in [0, 0.1) is 12.3 Å². The summed E-state index contributed by atoms with van der Waals surface area (Å²) in [7, 11) is 2.11. The topological polar surface area (TPSA) is 12.0 Å². The highest BCUT2D eigenvalue weighted by Gasteiger charge is 2.39. The lowest BCUT2D eigenvalue weighted by molar-refractivity contribution is 0.209. The van der Waals surface area contributed by atoms with Gasteiger partial charge in [-0.1, -0.05) is 49.6 Å². The van der Waals surface area contributed by atoms with E-state index < -0.39 is 0 Å². The molecule has 0 aliphatic heterocycles. The Hall–Kier alpha value is -1.26. The van der Waals surface area contributed by atoms with Gasteiger partial charge in [-0.15, -0.1) is 12.3 Å². The molecule has 1 heteroatoms. The molecule has 1 aliphatic rings. The van der Waals surface area contributed by atoms with Crippen LogP contribution in [0.4, 0.5) is 0 Å². The lowest BCUT2D eigenvalue weighted by atomic mass is 9.64. The van der Waals surface area contributed by atoms with E-state index >= 15 is 0 Å². The van der Waals surface area contributed by atoms with Gasteiger partial charge in [-0.2, -0.15) is 0 Å².